The van der Waals surface area contributed by atoms with Gasteiger partial charge in [0.15, 0.2) is 0 Å². The summed E-state index contributed by atoms with van der Waals surface area (Å²) in [6.45, 7) is 2.18. The molecule has 1 heteroatoms. The summed E-state index contributed by atoms with van der Waals surface area (Å²) in [7, 11) is -1.72. The Morgan fingerprint density at radius 1 is 0.556 bits per heavy atom. The van der Waals surface area contributed by atoms with Gasteiger partial charge in [0.2, 0.25) is 0 Å². The molecule has 27 heavy (non-hydrogen) atoms. The molecule has 0 aliphatic rings. The average Bonchev–Trinajstić information content (AvgIpc) is 2.75. The van der Waals surface area contributed by atoms with Gasteiger partial charge >= 0.3 is 0 Å². The van der Waals surface area contributed by atoms with Crippen LogP contribution in [-0.4, -0.2) is 6.16 Å². The summed E-state index contributed by atoms with van der Waals surface area (Å²) in [5, 5.41) is 4.32. The molecule has 0 radical (unpaired) electrons. The van der Waals surface area contributed by atoms with Crippen molar-refractivity contribution in [2.45, 2.75) is 19.8 Å². The smallest absolute Gasteiger partial charge is 0.0885 e. The van der Waals surface area contributed by atoms with Crippen LogP contribution in [0.5, 0.6) is 0 Å². The molecule has 0 spiro atoms. The molecule has 0 aromatic heterocycles. The first kappa shape index (κ1) is 19.3. The second-order valence-electron chi connectivity index (χ2n) is 6.59. The summed E-state index contributed by atoms with van der Waals surface area (Å²) >= 11 is 0. The molecule has 136 valence electrons. The van der Waals surface area contributed by atoms with Gasteiger partial charge in [0, 0.05) is 0 Å². The lowest BCUT2D eigenvalue weighted by Gasteiger charge is -2.26. The molecule has 3 aromatic rings. The van der Waals surface area contributed by atoms with Crippen molar-refractivity contribution in [1.29, 1.82) is 0 Å². The number of rotatable bonds is 8. The third-order valence-electron chi connectivity index (χ3n) is 4.81. The Balaban J connectivity index is 2.10. The molecule has 0 aliphatic carbocycles. The molecule has 3 rings (SSSR count). The van der Waals surface area contributed by atoms with Crippen molar-refractivity contribution in [2.24, 2.45) is 0 Å². The monoisotopic (exact) mass is 371 g/mol. The van der Waals surface area contributed by atoms with Gasteiger partial charge in [0.05, 0.1) is 6.16 Å². The van der Waals surface area contributed by atoms with Gasteiger partial charge in [-0.25, -0.2) is 0 Å². The highest BCUT2D eigenvalue weighted by Gasteiger charge is 2.43. The van der Waals surface area contributed by atoms with Crippen LogP contribution >= 0.6 is 7.26 Å². The summed E-state index contributed by atoms with van der Waals surface area (Å²) in [5.41, 5.74) is 0. The first-order valence-corrected chi connectivity index (χ1v) is 11.7. The van der Waals surface area contributed by atoms with Crippen molar-refractivity contribution in [2.75, 3.05) is 6.16 Å². The van der Waals surface area contributed by atoms with Crippen LogP contribution in [0.3, 0.4) is 0 Å². The maximum atomic E-state index is 2.39. The van der Waals surface area contributed by atoms with Crippen molar-refractivity contribution in [1.82, 2.24) is 0 Å². The predicted molar refractivity (Wildman–Crippen MR) is 123 cm³/mol. The van der Waals surface area contributed by atoms with Crippen LogP contribution in [0.15, 0.2) is 115 Å². The van der Waals surface area contributed by atoms with E-state index in [4.69, 9.17) is 0 Å². The van der Waals surface area contributed by atoms with Crippen molar-refractivity contribution < 1.29 is 0 Å². The first-order chi connectivity index (χ1) is 13.4. The molecule has 3 aromatic carbocycles. The molecule has 0 amide bonds. The van der Waals surface area contributed by atoms with Crippen molar-refractivity contribution in [3.8, 4) is 0 Å². The minimum Gasteiger partial charge on any atom is -0.0885 e. The molecular weight excluding hydrogens is 343 g/mol. The summed E-state index contributed by atoms with van der Waals surface area (Å²) in [4.78, 5) is 0. The van der Waals surface area contributed by atoms with Gasteiger partial charge < -0.3 is 0 Å². The van der Waals surface area contributed by atoms with Gasteiger partial charge in [0.25, 0.3) is 0 Å². The predicted octanol–water partition coefficient (Wildman–Crippen LogP) is 5.89. The minimum absolute atomic E-state index is 1.01. The molecule has 0 N–H and O–H groups in total. The molecule has 0 saturated carbocycles. The third-order valence-corrected chi connectivity index (χ3v) is 9.11. The van der Waals surface area contributed by atoms with E-state index in [0.29, 0.717) is 0 Å². The van der Waals surface area contributed by atoms with Crippen LogP contribution in [0.25, 0.3) is 0 Å². The second-order valence-corrected chi connectivity index (χ2v) is 10.1. The topological polar surface area (TPSA) is 0 Å². The van der Waals surface area contributed by atoms with E-state index in [1.165, 1.54) is 15.9 Å². The zero-order chi connectivity index (χ0) is 18.8. The van der Waals surface area contributed by atoms with E-state index >= 15 is 0 Å². The largest absolute Gasteiger partial charge is 0.115 e. The lowest BCUT2D eigenvalue weighted by atomic mass is 10.3. The van der Waals surface area contributed by atoms with E-state index in [1.807, 2.05) is 0 Å². The van der Waals surface area contributed by atoms with Gasteiger partial charge in [-0.2, -0.15) is 0 Å². The van der Waals surface area contributed by atoms with Crippen LogP contribution in [0.2, 0.25) is 0 Å². The standard InChI is InChI=1S/C26H28P/c1-2-3-4-5-6-16-23-27(24-17-10-7-11-18-24,25-19-12-8-13-20-25)26-21-14-9-15-22-26/h3-4,6-22H,2,5,23H2,1H3/q+1/b4-3-,16-6+. The Morgan fingerprint density at radius 3 is 1.37 bits per heavy atom. The van der Waals surface area contributed by atoms with Crippen LogP contribution < -0.4 is 15.9 Å². The van der Waals surface area contributed by atoms with Gasteiger partial charge in [0.1, 0.15) is 23.2 Å². The number of hydrogen-bond donors (Lipinski definition) is 0. The van der Waals surface area contributed by atoms with E-state index in [1.54, 1.807) is 0 Å². The zero-order valence-electron chi connectivity index (χ0n) is 16.0. The highest BCUT2D eigenvalue weighted by atomic mass is 31.2. The zero-order valence-corrected chi connectivity index (χ0v) is 16.9. The average molecular weight is 371 g/mol. The molecule has 0 bridgehead atoms. The Morgan fingerprint density at radius 2 is 0.963 bits per heavy atom. The Hall–Kier alpha value is -2.43. The van der Waals surface area contributed by atoms with E-state index in [9.17, 15) is 0 Å². The van der Waals surface area contributed by atoms with Crippen LogP contribution in [0.1, 0.15) is 19.8 Å². The third kappa shape index (κ3) is 4.65. The summed E-state index contributed by atoms with van der Waals surface area (Å²) in [6.07, 6.45) is 12.3. The fraction of sp³-hybridized carbons (Fsp3) is 0.154. The highest BCUT2D eigenvalue weighted by molar-refractivity contribution is 7.95. The van der Waals surface area contributed by atoms with Gasteiger partial charge in [-0.15, -0.1) is 0 Å². The lowest BCUT2D eigenvalue weighted by Crippen LogP contribution is -2.32. The summed E-state index contributed by atoms with van der Waals surface area (Å²) < 4.78 is 0. The number of benzene rings is 3. The highest BCUT2D eigenvalue weighted by Crippen LogP contribution is 2.55. The van der Waals surface area contributed by atoms with E-state index in [2.05, 4.69) is 122 Å². The van der Waals surface area contributed by atoms with Crippen LogP contribution in [0, 0.1) is 0 Å². The van der Waals surface area contributed by atoms with Crippen LogP contribution in [-0.2, 0) is 0 Å². The van der Waals surface area contributed by atoms with Crippen molar-refractivity contribution >= 4 is 23.2 Å². The van der Waals surface area contributed by atoms with Gasteiger partial charge in [-0.1, -0.05) is 85.8 Å². The normalized spacial score (nSPS) is 12.0. The van der Waals surface area contributed by atoms with Crippen molar-refractivity contribution in [3.05, 3.63) is 115 Å². The fourth-order valence-corrected chi connectivity index (χ4v) is 7.52. The van der Waals surface area contributed by atoms with E-state index in [0.717, 1.165) is 19.0 Å². The number of allylic oxidation sites excluding steroid dienone is 4. The molecule has 0 heterocycles. The summed E-state index contributed by atoms with van der Waals surface area (Å²) in [6, 6.07) is 33.2. The fourth-order valence-electron chi connectivity index (χ4n) is 3.48. The molecule has 0 nitrogen and oxygen atoms in total. The van der Waals surface area contributed by atoms with Crippen LogP contribution in [0.4, 0.5) is 0 Å². The first-order valence-electron chi connectivity index (χ1n) is 9.73. The van der Waals surface area contributed by atoms with E-state index < -0.39 is 7.26 Å². The SMILES string of the molecule is CC/C=C\C/C=C/C[P+](c1ccccc1)(c1ccccc1)c1ccccc1. The maximum Gasteiger partial charge on any atom is 0.115 e. The quantitative estimate of drug-likeness (QED) is 0.342. The van der Waals surface area contributed by atoms with E-state index in [-0.39, 0.29) is 0 Å². The molecule has 0 unspecified atom stereocenters. The molecule has 0 saturated heterocycles. The van der Waals surface area contributed by atoms with Crippen molar-refractivity contribution in [3.63, 3.8) is 0 Å². The number of hydrogen-bond acceptors (Lipinski definition) is 0. The maximum absolute atomic E-state index is 2.39. The second kappa shape index (κ2) is 10.0. The lowest BCUT2D eigenvalue weighted by molar-refractivity contribution is 1.20. The molecule has 0 fully saturated rings. The Kier molecular flexibility index (Phi) is 7.19. The Bertz CT molecular complexity index is 752. The molecule has 0 atom stereocenters. The minimum atomic E-state index is -1.72. The van der Waals surface area contributed by atoms with Gasteiger partial charge in [-0.3, -0.25) is 0 Å². The van der Waals surface area contributed by atoms with Gasteiger partial charge in [-0.05, 0) is 49.2 Å². The molecular formula is C26H28P+. The Labute approximate surface area is 164 Å². The molecule has 0 aliphatic heterocycles. The summed E-state index contributed by atoms with van der Waals surface area (Å²) in [5.74, 6) is 0.